The van der Waals surface area contributed by atoms with Gasteiger partial charge in [-0.2, -0.15) is 13.2 Å². The molecule has 1 aromatic carbocycles. The molecule has 1 unspecified atom stereocenters. The van der Waals surface area contributed by atoms with Crippen LogP contribution in [0.2, 0.25) is 5.02 Å². The highest BCUT2D eigenvalue weighted by Gasteiger charge is 2.33. The number of nitrogens with zero attached hydrogens (tertiary/aromatic N) is 3. The van der Waals surface area contributed by atoms with E-state index in [4.69, 9.17) is 11.6 Å². The minimum absolute atomic E-state index is 0.0345. The SMILES string of the molecule is FC(F)(F)c1cc(NC2CCCN(Cc3ccccc3Cl)C2)ncn1. The van der Waals surface area contributed by atoms with Gasteiger partial charge in [-0.3, -0.25) is 4.90 Å². The Hall–Kier alpha value is -1.86. The van der Waals surface area contributed by atoms with Crippen LogP contribution in [0.1, 0.15) is 24.1 Å². The van der Waals surface area contributed by atoms with Crippen molar-refractivity contribution < 1.29 is 13.2 Å². The van der Waals surface area contributed by atoms with Gasteiger partial charge in [-0.05, 0) is 31.0 Å². The Morgan fingerprint density at radius 1 is 1.24 bits per heavy atom. The van der Waals surface area contributed by atoms with Gasteiger partial charge in [-0.25, -0.2) is 9.97 Å². The number of aromatic nitrogens is 2. The molecule has 0 amide bonds. The minimum atomic E-state index is -4.47. The topological polar surface area (TPSA) is 41.0 Å². The van der Waals surface area contributed by atoms with Crippen molar-refractivity contribution >= 4 is 17.4 Å². The van der Waals surface area contributed by atoms with Gasteiger partial charge < -0.3 is 5.32 Å². The summed E-state index contributed by atoms with van der Waals surface area (Å²) < 4.78 is 38.2. The van der Waals surface area contributed by atoms with Crippen molar-refractivity contribution in [3.63, 3.8) is 0 Å². The Bertz CT molecular complexity index is 723. The van der Waals surface area contributed by atoms with Crippen LogP contribution in [0.4, 0.5) is 19.0 Å². The standard InChI is InChI=1S/C17H18ClF3N4/c18-14-6-2-1-4-12(14)9-25-7-3-5-13(10-25)24-16-8-15(17(19,20)21)22-11-23-16/h1-2,4,6,8,11,13H,3,5,7,9-10H2,(H,22,23,24). The predicted molar refractivity (Wildman–Crippen MR) is 90.4 cm³/mol. The molecule has 1 atom stereocenters. The van der Waals surface area contributed by atoms with Crippen molar-refractivity contribution in [2.24, 2.45) is 0 Å². The summed E-state index contributed by atoms with van der Waals surface area (Å²) in [5.41, 5.74) is 0.111. The number of hydrogen-bond acceptors (Lipinski definition) is 4. The summed E-state index contributed by atoms with van der Waals surface area (Å²) in [7, 11) is 0. The van der Waals surface area contributed by atoms with Gasteiger partial charge in [0.25, 0.3) is 0 Å². The molecule has 4 nitrogen and oxygen atoms in total. The number of anilines is 1. The molecule has 1 N–H and O–H groups in total. The first-order valence-electron chi connectivity index (χ1n) is 8.03. The van der Waals surface area contributed by atoms with E-state index >= 15 is 0 Å². The predicted octanol–water partition coefficient (Wildman–Crippen LogP) is 4.23. The Balaban J connectivity index is 1.63. The van der Waals surface area contributed by atoms with Crippen molar-refractivity contribution in [2.45, 2.75) is 31.6 Å². The molecule has 0 spiro atoms. The van der Waals surface area contributed by atoms with E-state index in [9.17, 15) is 13.2 Å². The summed E-state index contributed by atoms with van der Waals surface area (Å²) in [6.07, 6.45) is -1.69. The number of benzene rings is 1. The van der Waals surface area contributed by atoms with Gasteiger partial charge in [0.1, 0.15) is 17.8 Å². The van der Waals surface area contributed by atoms with E-state index in [1.54, 1.807) is 0 Å². The Morgan fingerprint density at radius 3 is 2.80 bits per heavy atom. The quantitative estimate of drug-likeness (QED) is 0.874. The third-order valence-electron chi connectivity index (χ3n) is 4.17. The number of likely N-dealkylation sites (tertiary alicyclic amines) is 1. The van der Waals surface area contributed by atoms with Crippen molar-refractivity contribution in [2.75, 3.05) is 18.4 Å². The molecule has 0 bridgehead atoms. The van der Waals surface area contributed by atoms with Crippen molar-refractivity contribution in [3.8, 4) is 0 Å². The van der Waals surface area contributed by atoms with Crippen LogP contribution in [0.15, 0.2) is 36.7 Å². The molecule has 25 heavy (non-hydrogen) atoms. The Morgan fingerprint density at radius 2 is 2.04 bits per heavy atom. The highest BCUT2D eigenvalue weighted by Crippen LogP contribution is 2.28. The molecule has 0 saturated carbocycles. The lowest BCUT2D eigenvalue weighted by Crippen LogP contribution is -2.41. The molecule has 8 heteroatoms. The molecule has 134 valence electrons. The first-order valence-corrected chi connectivity index (χ1v) is 8.41. The smallest absolute Gasteiger partial charge is 0.366 e. The molecular formula is C17H18ClF3N4. The third kappa shape index (κ3) is 4.83. The number of alkyl halides is 3. The molecule has 3 rings (SSSR count). The van der Waals surface area contributed by atoms with Crippen LogP contribution >= 0.6 is 11.6 Å². The lowest BCUT2D eigenvalue weighted by Gasteiger charge is -2.33. The third-order valence-corrected chi connectivity index (χ3v) is 4.54. The maximum absolute atomic E-state index is 12.7. The molecule has 2 aromatic rings. The second-order valence-electron chi connectivity index (χ2n) is 6.10. The fourth-order valence-corrected chi connectivity index (χ4v) is 3.18. The van der Waals surface area contributed by atoms with E-state index in [2.05, 4.69) is 20.2 Å². The number of piperidine rings is 1. The van der Waals surface area contributed by atoms with Crippen molar-refractivity contribution in [3.05, 3.63) is 52.9 Å². The zero-order valence-corrected chi connectivity index (χ0v) is 14.2. The normalized spacial score (nSPS) is 19.0. The van der Waals surface area contributed by atoms with E-state index in [1.807, 2.05) is 24.3 Å². The number of hydrogen-bond donors (Lipinski definition) is 1. The van der Waals surface area contributed by atoms with E-state index in [0.29, 0.717) is 0 Å². The summed E-state index contributed by atoms with van der Waals surface area (Å²) in [6, 6.07) is 8.66. The number of halogens is 4. The fraction of sp³-hybridized carbons (Fsp3) is 0.412. The molecule has 1 saturated heterocycles. The lowest BCUT2D eigenvalue weighted by atomic mass is 10.0. The first kappa shape index (κ1) is 17.9. The van der Waals surface area contributed by atoms with Crippen LogP contribution < -0.4 is 5.32 Å². The number of nitrogens with one attached hydrogen (secondary N) is 1. The minimum Gasteiger partial charge on any atom is -0.366 e. The molecule has 1 aliphatic rings. The van der Waals surface area contributed by atoms with E-state index in [0.717, 1.165) is 55.5 Å². The van der Waals surface area contributed by atoms with Crippen LogP contribution in [-0.4, -0.2) is 34.0 Å². The molecule has 1 aromatic heterocycles. The number of rotatable bonds is 4. The molecule has 1 fully saturated rings. The van der Waals surface area contributed by atoms with Gasteiger partial charge in [0.15, 0.2) is 0 Å². The Kier molecular flexibility index (Phi) is 5.44. The summed E-state index contributed by atoms with van der Waals surface area (Å²) in [4.78, 5) is 9.44. The van der Waals surface area contributed by atoms with Gasteiger partial charge >= 0.3 is 6.18 Å². The van der Waals surface area contributed by atoms with E-state index in [1.165, 1.54) is 0 Å². The average Bonchev–Trinajstić information content (AvgIpc) is 2.57. The molecule has 0 aliphatic carbocycles. The van der Waals surface area contributed by atoms with Gasteiger partial charge in [-0.1, -0.05) is 29.8 Å². The zero-order chi connectivity index (χ0) is 17.9. The van der Waals surface area contributed by atoms with Gasteiger partial charge in [-0.15, -0.1) is 0 Å². The van der Waals surface area contributed by atoms with Gasteiger partial charge in [0.05, 0.1) is 0 Å². The second kappa shape index (κ2) is 7.58. The lowest BCUT2D eigenvalue weighted by molar-refractivity contribution is -0.141. The summed E-state index contributed by atoms with van der Waals surface area (Å²) in [5.74, 6) is 0.201. The van der Waals surface area contributed by atoms with Crippen LogP contribution in [0.3, 0.4) is 0 Å². The Labute approximate surface area is 149 Å². The molecule has 1 aliphatic heterocycles. The van der Waals surface area contributed by atoms with Crippen LogP contribution in [-0.2, 0) is 12.7 Å². The van der Waals surface area contributed by atoms with Crippen molar-refractivity contribution in [1.82, 2.24) is 14.9 Å². The molecular weight excluding hydrogens is 353 g/mol. The van der Waals surface area contributed by atoms with Crippen LogP contribution in [0, 0.1) is 0 Å². The maximum atomic E-state index is 12.7. The van der Waals surface area contributed by atoms with Crippen molar-refractivity contribution in [1.29, 1.82) is 0 Å². The highest BCUT2D eigenvalue weighted by molar-refractivity contribution is 6.31. The largest absolute Gasteiger partial charge is 0.433 e. The van der Waals surface area contributed by atoms with Crippen LogP contribution in [0.5, 0.6) is 0 Å². The first-order chi connectivity index (χ1) is 11.9. The second-order valence-corrected chi connectivity index (χ2v) is 6.50. The monoisotopic (exact) mass is 370 g/mol. The summed E-state index contributed by atoms with van der Waals surface area (Å²) in [5, 5.41) is 3.82. The molecule has 2 heterocycles. The van der Waals surface area contributed by atoms with E-state index in [-0.39, 0.29) is 11.9 Å². The fourth-order valence-electron chi connectivity index (χ4n) is 2.98. The van der Waals surface area contributed by atoms with Crippen LogP contribution in [0.25, 0.3) is 0 Å². The van der Waals surface area contributed by atoms with Gasteiger partial charge in [0, 0.05) is 30.2 Å². The maximum Gasteiger partial charge on any atom is 0.433 e. The highest BCUT2D eigenvalue weighted by atomic mass is 35.5. The zero-order valence-electron chi connectivity index (χ0n) is 13.4. The van der Waals surface area contributed by atoms with E-state index < -0.39 is 11.9 Å². The van der Waals surface area contributed by atoms with Gasteiger partial charge in [0.2, 0.25) is 0 Å². The summed E-state index contributed by atoms with van der Waals surface area (Å²) >= 11 is 6.20. The average molecular weight is 371 g/mol. The summed E-state index contributed by atoms with van der Waals surface area (Å²) in [6.45, 7) is 2.37. The molecule has 0 radical (unpaired) electrons.